The summed E-state index contributed by atoms with van der Waals surface area (Å²) in [5.41, 5.74) is 2.09. The summed E-state index contributed by atoms with van der Waals surface area (Å²) in [5.74, 6) is 0.116. The lowest BCUT2D eigenvalue weighted by molar-refractivity contribution is -0.117. The Bertz CT molecular complexity index is 635. The molecule has 3 rings (SSSR count). The number of nitrogens with zero attached hydrogens (tertiary/aromatic N) is 2. The van der Waals surface area contributed by atoms with E-state index in [1.165, 1.54) is 0 Å². The highest BCUT2D eigenvalue weighted by molar-refractivity contribution is 6.09. The van der Waals surface area contributed by atoms with Gasteiger partial charge < -0.3 is 4.90 Å². The van der Waals surface area contributed by atoms with Crippen molar-refractivity contribution in [3.63, 3.8) is 0 Å². The maximum Gasteiger partial charge on any atom is 0.227 e. The van der Waals surface area contributed by atoms with E-state index < -0.39 is 0 Å². The molecule has 4 nitrogen and oxygen atoms in total. The molecule has 20 heavy (non-hydrogen) atoms. The molecule has 1 aliphatic heterocycles. The van der Waals surface area contributed by atoms with Crippen LogP contribution >= 0.6 is 0 Å². The molecule has 0 aliphatic carbocycles. The fourth-order valence-corrected chi connectivity index (χ4v) is 2.38. The van der Waals surface area contributed by atoms with Gasteiger partial charge >= 0.3 is 0 Å². The van der Waals surface area contributed by atoms with Crippen molar-refractivity contribution in [1.29, 1.82) is 0 Å². The van der Waals surface area contributed by atoms with Crippen molar-refractivity contribution in [1.82, 2.24) is 4.98 Å². The number of anilines is 1. The molecule has 1 aromatic carbocycles. The Morgan fingerprint density at radius 2 is 1.65 bits per heavy atom. The molecule has 0 spiro atoms. The van der Waals surface area contributed by atoms with E-state index in [0.29, 0.717) is 17.5 Å². The standard InChI is InChI=1S/C16H14N2O2/c19-15-2-1-11-18(15)14-5-3-12(4-6-14)16(20)13-7-9-17-10-8-13/h3-10H,1-2,11H2. The first-order valence-electron chi connectivity index (χ1n) is 6.61. The van der Waals surface area contributed by atoms with Crippen LogP contribution in [0.4, 0.5) is 5.69 Å². The van der Waals surface area contributed by atoms with E-state index in [9.17, 15) is 9.59 Å². The zero-order valence-corrected chi connectivity index (χ0v) is 11.0. The molecule has 0 bridgehead atoms. The van der Waals surface area contributed by atoms with Crippen LogP contribution in [-0.4, -0.2) is 23.2 Å². The van der Waals surface area contributed by atoms with Crippen LogP contribution in [0.5, 0.6) is 0 Å². The predicted octanol–water partition coefficient (Wildman–Crippen LogP) is 2.44. The van der Waals surface area contributed by atoms with Crippen molar-refractivity contribution < 1.29 is 9.59 Å². The van der Waals surface area contributed by atoms with Crippen LogP contribution in [0.25, 0.3) is 0 Å². The van der Waals surface area contributed by atoms with Crippen LogP contribution in [0, 0.1) is 0 Å². The summed E-state index contributed by atoms with van der Waals surface area (Å²) in [7, 11) is 0. The number of hydrogen-bond donors (Lipinski definition) is 0. The number of aromatic nitrogens is 1. The number of ketones is 1. The number of carbonyl (C=O) groups excluding carboxylic acids is 2. The van der Waals surface area contributed by atoms with Gasteiger partial charge in [0.2, 0.25) is 5.91 Å². The van der Waals surface area contributed by atoms with Gasteiger partial charge in [0.1, 0.15) is 0 Å². The van der Waals surface area contributed by atoms with E-state index >= 15 is 0 Å². The van der Waals surface area contributed by atoms with Gasteiger partial charge in [-0.05, 0) is 42.8 Å². The quantitative estimate of drug-likeness (QED) is 0.802. The summed E-state index contributed by atoms with van der Waals surface area (Å²) < 4.78 is 0. The average Bonchev–Trinajstić information content (AvgIpc) is 2.94. The zero-order chi connectivity index (χ0) is 13.9. The highest BCUT2D eigenvalue weighted by Crippen LogP contribution is 2.22. The maximum absolute atomic E-state index is 12.2. The number of rotatable bonds is 3. The molecule has 0 unspecified atom stereocenters. The Hall–Kier alpha value is -2.49. The number of carbonyl (C=O) groups is 2. The molecule has 2 aromatic rings. The molecule has 0 radical (unpaired) electrons. The van der Waals surface area contributed by atoms with Gasteiger partial charge in [0.05, 0.1) is 0 Å². The van der Waals surface area contributed by atoms with Gasteiger partial charge in [-0.25, -0.2) is 0 Å². The van der Waals surface area contributed by atoms with Crippen molar-refractivity contribution in [2.45, 2.75) is 12.8 Å². The van der Waals surface area contributed by atoms with Gasteiger partial charge in [-0.1, -0.05) is 0 Å². The SMILES string of the molecule is O=C(c1ccncc1)c1ccc(N2CCCC2=O)cc1. The fourth-order valence-electron chi connectivity index (χ4n) is 2.38. The van der Waals surface area contributed by atoms with E-state index in [2.05, 4.69) is 4.98 Å². The van der Waals surface area contributed by atoms with E-state index in [1.54, 1.807) is 41.6 Å². The number of benzene rings is 1. The van der Waals surface area contributed by atoms with E-state index in [4.69, 9.17) is 0 Å². The Kier molecular flexibility index (Phi) is 3.29. The molecule has 1 aromatic heterocycles. The van der Waals surface area contributed by atoms with Gasteiger partial charge in [0.25, 0.3) is 0 Å². The van der Waals surface area contributed by atoms with Crippen molar-refractivity contribution in [3.05, 3.63) is 59.9 Å². The van der Waals surface area contributed by atoms with E-state index in [0.717, 1.165) is 18.7 Å². The first kappa shape index (κ1) is 12.5. The highest BCUT2D eigenvalue weighted by Gasteiger charge is 2.21. The summed E-state index contributed by atoms with van der Waals surface area (Å²) in [6.07, 6.45) is 4.71. The van der Waals surface area contributed by atoms with Gasteiger partial charge in [-0.2, -0.15) is 0 Å². The largest absolute Gasteiger partial charge is 0.312 e. The molecule has 1 fully saturated rings. The number of amides is 1. The molecule has 1 saturated heterocycles. The second-order valence-electron chi connectivity index (χ2n) is 4.76. The van der Waals surface area contributed by atoms with Crippen LogP contribution < -0.4 is 4.90 Å². The van der Waals surface area contributed by atoms with Crippen LogP contribution in [0.2, 0.25) is 0 Å². The maximum atomic E-state index is 12.2. The third-order valence-electron chi connectivity index (χ3n) is 3.46. The number of hydrogen-bond acceptors (Lipinski definition) is 3. The topological polar surface area (TPSA) is 50.3 Å². The lowest BCUT2D eigenvalue weighted by Crippen LogP contribution is -2.23. The van der Waals surface area contributed by atoms with Crippen LogP contribution in [-0.2, 0) is 4.79 Å². The predicted molar refractivity (Wildman–Crippen MR) is 75.7 cm³/mol. The van der Waals surface area contributed by atoms with Crippen molar-refractivity contribution in [2.24, 2.45) is 0 Å². The van der Waals surface area contributed by atoms with Crippen LogP contribution in [0.1, 0.15) is 28.8 Å². The Labute approximate surface area is 117 Å². The Morgan fingerprint density at radius 3 is 2.25 bits per heavy atom. The molecule has 2 heterocycles. The number of pyridine rings is 1. The lowest BCUT2D eigenvalue weighted by atomic mass is 10.0. The molecule has 1 aliphatic rings. The Morgan fingerprint density at radius 1 is 1.00 bits per heavy atom. The van der Waals surface area contributed by atoms with Gasteiger partial charge in [0.15, 0.2) is 5.78 Å². The smallest absolute Gasteiger partial charge is 0.227 e. The molecule has 1 amide bonds. The normalized spacial score (nSPS) is 14.6. The summed E-state index contributed by atoms with van der Waals surface area (Å²) in [5, 5.41) is 0. The average molecular weight is 266 g/mol. The molecule has 0 N–H and O–H groups in total. The Balaban J connectivity index is 1.83. The third-order valence-corrected chi connectivity index (χ3v) is 3.46. The summed E-state index contributed by atoms with van der Waals surface area (Å²) in [6, 6.07) is 10.6. The van der Waals surface area contributed by atoms with Gasteiger partial charge in [-0.3, -0.25) is 14.6 Å². The zero-order valence-electron chi connectivity index (χ0n) is 11.0. The minimum Gasteiger partial charge on any atom is -0.312 e. The van der Waals surface area contributed by atoms with Crippen LogP contribution in [0.3, 0.4) is 0 Å². The molecular formula is C16H14N2O2. The molecule has 4 heteroatoms. The monoisotopic (exact) mass is 266 g/mol. The van der Waals surface area contributed by atoms with Crippen molar-refractivity contribution in [3.8, 4) is 0 Å². The third kappa shape index (κ3) is 2.32. The van der Waals surface area contributed by atoms with Gasteiger partial charge in [-0.15, -0.1) is 0 Å². The minimum atomic E-state index is -0.0355. The lowest BCUT2D eigenvalue weighted by Gasteiger charge is -2.15. The first-order valence-corrected chi connectivity index (χ1v) is 6.61. The second kappa shape index (κ2) is 5.25. The fraction of sp³-hybridized carbons (Fsp3) is 0.188. The molecule has 100 valence electrons. The van der Waals surface area contributed by atoms with Crippen molar-refractivity contribution >= 4 is 17.4 Å². The second-order valence-corrected chi connectivity index (χ2v) is 4.76. The van der Waals surface area contributed by atoms with E-state index in [-0.39, 0.29) is 11.7 Å². The molecular weight excluding hydrogens is 252 g/mol. The summed E-state index contributed by atoms with van der Waals surface area (Å²) >= 11 is 0. The molecule has 0 saturated carbocycles. The summed E-state index contributed by atoms with van der Waals surface area (Å²) in [4.78, 5) is 29.6. The van der Waals surface area contributed by atoms with Crippen molar-refractivity contribution in [2.75, 3.05) is 11.4 Å². The molecule has 0 atom stereocenters. The van der Waals surface area contributed by atoms with Gasteiger partial charge in [0, 0.05) is 42.2 Å². The highest BCUT2D eigenvalue weighted by atomic mass is 16.2. The first-order chi connectivity index (χ1) is 9.75. The van der Waals surface area contributed by atoms with E-state index in [1.807, 2.05) is 12.1 Å². The minimum absolute atomic E-state index is 0.0355. The summed E-state index contributed by atoms with van der Waals surface area (Å²) in [6.45, 7) is 0.760. The van der Waals surface area contributed by atoms with Crippen LogP contribution in [0.15, 0.2) is 48.8 Å².